The van der Waals surface area contributed by atoms with E-state index in [1.807, 2.05) is 0 Å². The second-order valence-electron chi connectivity index (χ2n) is 3.96. The van der Waals surface area contributed by atoms with Crippen molar-refractivity contribution in [1.29, 1.82) is 0 Å². The number of hydrogen-bond acceptors (Lipinski definition) is 5. The molecule has 7 heteroatoms. The van der Waals surface area contributed by atoms with E-state index in [0.29, 0.717) is 11.6 Å². The first kappa shape index (κ1) is 10.9. The van der Waals surface area contributed by atoms with Gasteiger partial charge in [-0.05, 0) is 36.8 Å². The van der Waals surface area contributed by atoms with Crippen LogP contribution in [0.3, 0.4) is 0 Å². The first-order valence-corrected chi connectivity index (χ1v) is 5.39. The van der Waals surface area contributed by atoms with Crippen molar-refractivity contribution < 1.29 is 4.92 Å². The van der Waals surface area contributed by atoms with Crippen LogP contribution in [0.25, 0.3) is 0 Å². The predicted octanol–water partition coefficient (Wildman–Crippen LogP) is 0.729. The summed E-state index contributed by atoms with van der Waals surface area (Å²) in [7, 11) is 0. The van der Waals surface area contributed by atoms with Gasteiger partial charge in [0, 0.05) is 6.54 Å². The number of hydrogen-bond donors (Lipinski definition) is 3. The maximum atomic E-state index is 10.6. The molecule has 7 nitrogen and oxygen atoms in total. The quantitative estimate of drug-likeness (QED) is 0.518. The van der Waals surface area contributed by atoms with E-state index >= 15 is 0 Å². The molecule has 0 saturated carbocycles. The Labute approximate surface area is 92.8 Å². The first-order valence-electron chi connectivity index (χ1n) is 5.39. The fourth-order valence-corrected chi connectivity index (χ4v) is 1.89. The van der Waals surface area contributed by atoms with Gasteiger partial charge in [0.25, 0.3) is 0 Å². The topological polar surface area (TPSA) is 95.9 Å². The summed E-state index contributed by atoms with van der Waals surface area (Å²) in [4.78, 5) is 10.2. The molecule has 1 aromatic heterocycles. The molecule has 1 aromatic rings. The summed E-state index contributed by atoms with van der Waals surface area (Å²) < 4.78 is 0. The van der Waals surface area contributed by atoms with Crippen molar-refractivity contribution in [3.8, 4) is 0 Å². The van der Waals surface area contributed by atoms with E-state index < -0.39 is 4.92 Å². The van der Waals surface area contributed by atoms with Gasteiger partial charge in [0.2, 0.25) is 0 Å². The number of nitrogens with one attached hydrogen (secondary N) is 3. The summed E-state index contributed by atoms with van der Waals surface area (Å²) in [5, 5.41) is 23.0. The van der Waals surface area contributed by atoms with Gasteiger partial charge in [-0.2, -0.15) is 0 Å². The normalized spacial score (nSPS) is 17.2. The highest BCUT2D eigenvalue weighted by atomic mass is 16.6. The molecule has 0 aromatic carbocycles. The van der Waals surface area contributed by atoms with Gasteiger partial charge >= 0.3 is 5.82 Å². The average Bonchev–Trinajstić information content (AvgIpc) is 2.76. The van der Waals surface area contributed by atoms with Crippen LogP contribution in [0, 0.1) is 16.0 Å². The molecule has 1 fully saturated rings. The molecular formula is C9H15N5O2. The van der Waals surface area contributed by atoms with Crippen LogP contribution < -0.4 is 10.6 Å². The SMILES string of the molecule is O=[N+]([O-])c1[nH]ncc1NCC1CCNCC1. The zero-order valence-electron chi connectivity index (χ0n) is 8.90. The fourth-order valence-electron chi connectivity index (χ4n) is 1.89. The van der Waals surface area contributed by atoms with Crippen molar-refractivity contribution in [2.45, 2.75) is 12.8 Å². The Morgan fingerprint density at radius 2 is 2.31 bits per heavy atom. The molecular weight excluding hydrogens is 210 g/mol. The Hall–Kier alpha value is -1.63. The molecule has 0 spiro atoms. The lowest BCUT2D eigenvalue weighted by molar-refractivity contribution is -0.388. The molecule has 0 radical (unpaired) electrons. The molecule has 3 N–H and O–H groups in total. The molecule has 0 amide bonds. The van der Waals surface area contributed by atoms with Gasteiger partial charge in [-0.3, -0.25) is 0 Å². The highest BCUT2D eigenvalue weighted by molar-refractivity contribution is 5.55. The van der Waals surface area contributed by atoms with Gasteiger partial charge in [0.05, 0.1) is 0 Å². The molecule has 2 heterocycles. The molecule has 1 saturated heterocycles. The summed E-state index contributed by atoms with van der Waals surface area (Å²) in [6.07, 6.45) is 3.68. The molecule has 1 aliphatic rings. The lowest BCUT2D eigenvalue weighted by Crippen LogP contribution is -2.31. The maximum Gasteiger partial charge on any atom is 0.366 e. The van der Waals surface area contributed by atoms with Crippen LogP contribution in [0.1, 0.15) is 12.8 Å². The molecule has 0 bridgehead atoms. The number of aromatic amines is 1. The number of piperidine rings is 1. The summed E-state index contributed by atoms with van der Waals surface area (Å²) in [5.41, 5.74) is 0.475. The third kappa shape index (κ3) is 2.48. The predicted molar refractivity (Wildman–Crippen MR) is 59.3 cm³/mol. The minimum Gasteiger partial charge on any atom is -0.377 e. The van der Waals surface area contributed by atoms with Crippen molar-refractivity contribution in [1.82, 2.24) is 15.5 Å². The van der Waals surface area contributed by atoms with Crippen LogP contribution in [0.5, 0.6) is 0 Å². The van der Waals surface area contributed by atoms with Gasteiger partial charge in [-0.15, -0.1) is 5.10 Å². The lowest BCUT2D eigenvalue weighted by Gasteiger charge is -2.22. The smallest absolute Gasteiger partial charge is 0.366 e. The van der Waals surface area contributed by atoms with E-state index in [1.54, 1.807) is 0 Å². The number of H-pyrrole nitrogens is 1. The van der Waals surface area contributed by atoms with Crippen LogP contribution in [0.4, 0.5) is 11.5 Å². The van der Waals surface area contributed by atoms with E-state index in [-0.39, 0.29) is 5.82 Å². The molecule has 0 atom stereocenters. The summed E-state index contributed by atoms with van der Waals surface area (Å²) in [5.74, 6) is 0.518. The van der Waals surface area contributed by atoms with Crippen LogP contribution in [-0.2, 0) is 0 Å². The lowest BCUT2D eigenvalue weighted by atomic mass is 9.98. The van der Waals surface area contributed by atoms with E-state index in [9.17, 15) is 10.1 Å². The molecule has 0 unspecified atom stereocenters. The minimum atomic E-state index is -0.461. The second kappa shape index (κ2) is 4.93. The Morgan fingerprint density at radius 1 is 1.56 bits per heavy atom. The molecule has 88 valence electrons. The van der Waals surface area contributed by atoms with Gasteiger partial charge < -0.3 is 20.7 Å². The van der Waals surface area contributed by atoms with Crippen molar-refractivity contribution >= 4 is 11.5 Å². The Bertz CT molecular complexity index is 359. The summed E-state index contributed by atoms with van der Waals surface area (Å²) in [6, 6.07) is 0. The van der Waals surface area contributed by atoms with Gasteiger partial charge in [-0.1, -0.05) is 5.10 Å². The van der Waals surface area contributed by atoms with Crippen LogP contribution in [0.2, 0.25) is 0 Å². The number of rotatable bonds is 4. The molecule has 2 rings (SSSR count). The Balaban J connectivity index is 1.88. The second-order valence-corrected chi connectivity index (χ2v) is 3.96. The minimum absolute atomic E-state index is 0.0612. The van der Waals surface area contributed by atoms with Gasteiger partial charge in [0.1, 0.15) is 6.20 Å². The van der Waals surface area contributed by atoms with Crippen LogP contribution in [-0.4, -0.2) is 34.8 Å². The van der Waals surface area contributed by atoms with Gasteiger partial charge in [-0.25, -0.2) is 0 Å². The third-order valence-corrected chi connectivity index (χ3v) is 2.84. The van der Waals surface area contributed by atoms with Crippen LogP contribution >= 0.6 is 0 Å². The highest BCUT2D eigenvalue weighted by Gasteiger charge is 2.17. The maximum absolute atomic E-state index is 10.6. The standard InChI is InChI=1S/C9H15N5O2/c15-14(16)9-8(6-12-13-9)11-5-7-1-3-10-4-2-7/h6-7,10-11H,1-5H2,(H,12,13). The largest absolute Gasteiger partial charge is 0.377 e. The fraction of sp³-hybridized carbons (Fsp3) is 0.667. The van der Waals surface area contributed by atoms with E-state index in [1.165, 1.54) is 6.20 Å². The molecule has 1 aliphatic heterocycles. The monoisotopic (exact) mass is 225 g/mol. The number of nitro groups is 1. The molecule has 0 aliphatic carbocycles. The number of nitrogens with zero attached hydrogens (tertiary/aromatic N) is 2. The van der Waals surface area contributed by atoms with Gasteiger partial charge in [0.15, 0.2) is 5.69 Å². The van der Waals surface area contributed by atoms with Crippen LogP contribution in [0.15, 0.2) is 6.20 Å². The Morgan fingerprint density at radius 3 is 3.00 bits per heavy atom. The summed E-state index contributed by atoms with van der Waals surface area (Å²) in [6.45, 7) is 2.82. The van der Waals surface area contributed by atoms with E-state index in [2.05, 4.69) is 20.8 Å². The van der Waals surface area contributed by atoms with Crippen molar-refractivity contribution in [3.05, 3.63) is 16.3 Å². The molecule has 16 heavy (non-hydrogen) atoms. The number of aromatic nitrogens is 2. The third-order valence-electron chi connectivity index (χ3n) is 2.84. The Kier molecular flexibility index (Phi) is 3.35. The number of anilines is 1. The average molecular weight is 225 g/mol. The zero-order valence-corrected chi connectivity index (χ0v) is 8.90. The van der Waals surface area contributed by atoms with Crippen molar-refractivity contribution in [2.75, 3.05) is 25.0 Å². The zero-order chi connectivity index (χ0) is 11.4. The van der Waals surface area contributed by atoms with E-state index in [0.717, 1.165) is 32.5 Å². The van der Waals surface area contributed by atoms with E-state index in [4.69, 9.17) is 0 Å². The summed E-state index contributed by atoms with van der Waals surface area (Å²) >= 11 is 0. The van der Waals surface area contributed by atoms with Crippen molar-refractivity contribution in [3.63, 3.8) is 0 Å². The van der Waals surface area contributed by atoms with Crippen molar-refractivity contribution in [2.24, 2.45) is 5.92 Å². The highest BCUT2D eigenvalue weighted by Crippen LogP contribution is 2.21. The first-order chi connectivity index (χ1) is 7.77.